The Morgan fingerprint density at radius 1 is 1.00 bits per heavy atom. The molecule has 0 aliphatic rings. The van der Waals surface area contributed by atoms with Crippen LogP contribution in [0.1, 0.15) is 5.56 Å². The Labute approximate surface area is 126 Å². The molecular weight excluding hydrogens is 320 g/mol. The maximum Gasteiger partial charge on any atom is 0.122 e. The smallest absolute Gasteiger partial charge is 0.122 e. The first-order chi connectivity index (χ1) is 9.65. The van der Waals surface area contributed by atoms with Crippen molar-refractivity contribution >= 4 is 21.8 Å². The highest BCUT2D eigenvalue weighted by atomic mass is 79.9. The van der Waals surface area contributed by atoms with Crippen LogP contribution in [0, 0.1) is 5.41 Å². The van der Waals surface area contributed by atoms with E-state index in [0.29, 0.717) is 18.8 Å². The molecule has 0 radical (unpaired) electrons. The van der Waals surface area contributed by atoms with Crippen molar-refractivity contribution in [3.8, 4) is 11.5 Å². The van der Waals surface area contributed by atoms with Gasteiger partial charge >= 0.3 is 0 Å². The molecule has 5 heteroatoms. The fourth-order valence-corrected chi connectivity index (χ4v) is 1.98. The SMILES string of the molecule is N=C(N)c1ccc(OCCOc2cccc(Br)c2)cc1. The monoisotopic (exact) mass is 334 g/mol. The van der Waals surface area contributed by atoms with Crippen LogP contribution in [0.2, 0.25) is 0 Å². The minimum atomic E-state index is 0.0505. The van der Waals surface area contributed by atoms with Crippen LogP contribution in [0.15, 0.2) is 53.0 Å². The zero-order valence-electron chi connectivity index (χ0n) is 10.8. The van der Waals surface area contributed by atoms with Crippen molar-refractivity contribution in [1.82, 2.24) is 0 Å². The number of halogens is 1. The molecule has 0 aliphatic heterocycles. The molecule has 0 saturated heterocycles. The second-order valence-electron chi connectivity index (χ2n) is 4.09. The molecule has 0 bridgehead atoms. The van der Waals surface area contributed by atoms with Crippen LogP contribution >= 0.6 is 15.9 Å². The van der Waals surface area contributed by atoms with Crippen molar-refractivity contribution in [2.24, 2.45) is 5.73 Å². The predicted octanol–water partition coefficient (Wildman–Crippen LogP) is 3.19. The highest BCUT2D eigenvalue weighted by Crippen LogP contribution is 2.17. The lowest BCUT2D eigenvalue weighted by atomic mass is 10.2. The van der Waals surface area contributed by atoms with Gasteiger partial charge in [0.2, 0.25) is 0 Å². The van der Waals surface area contributed by atoms with E-state index in [-0.39, 0.29) is 5.84 Å². The number of ether oxygens (including phenoxy) is 2. The van der Waals surface area contributed by atoms with E-state index >= 15 is 0 Å². The highest BCUT2D eigenvalue weighted by Gasteiger charge is 1.99. The van der Waals surface area contributed by atoms with Crippen molar-refractivity contribution < 1.29 is 9.47 Å². The molecule has 20 heavy (non-hydrogen) atoms. The molecule has 0 fully saturated rings. The first-order valence-electron chi connectivity index (χ1n) is 6.11. The number of amidine groups is 1. The molecule has 104 valence electrons. The van der Waals surface area contributed by atoms with Crippen molar-refractivity contribution in [3.05, 3.63) is 58.6 Å². The summed E-state index contributed by atoms with van der Waals surface area (Å²) in [5, 5.41) is 7.30. The molecule has 0 aromatic heterocycles. The van der Waals surface area contributed by atoms with E-state index in [1.807, 2.05) is 24.3 Å². The molecule has 0 aliphatic carbocycles. The van der Waals surface area contributed by atoms with Gasteiger partial charge < -0.3 is 15.2 Å². The summed E-state index contributed by atoms with van der Waals surface area (Å²) >= 11 is 3.39. The number of hydrogen-bond donors (Lipinski definition) is 2. The Morgan fingerprint density at radius 3 is 2.25 bits per heavy atom. The lowest BCUT2D eigenvalue weighted by Crippen LogP contribution is -2.11. The van der Waals surface area contributed by atoms with Crippen molar-refractivity contribution in [1.29, 1.82) is 5.41 Å². The maximum atomic E-state index is 7.30. The molecule has 0 atom stereocenters. The summed E-state index contributed by atoms with van der Waals surface area (Å²) in [4.78, 5) is 0. The van der Waals surface area contributed by atoms with E-state index < -0.39 is 0 Å². The molecule has 2 aromatic carbocycles. The van der Waals surface area contributed by atoms with E-state index in [9.17, 15) is 0 Å². The van der Waals surface area contributed by atoms with Crippen LogP contribution in [-0.4, -0.2) is 19.0 Å². The fraction of sp³-hybridized carbons (Fsp3) is 0.133. The van der Waals surface area contributed by atoms with Gasteiger partial charge in [-0.3, -0.25) is 5.41 Å². The van der Waals surface area contributed by atoms with Gasteiger partial charge in [-0.1, -0.05) is 22.0 Å². The molecule has 2 aromatic rings. The van der Waals surface area contributed by atoms with Gasteiger partial charge in [0.15, 0.2) is 0 Å². The summed E-state index contributed by atoms with van der Waals surface area (Å²) in [5.41, 5.74) is 6.06. The summed E-state index contributed by atoms with van der Waals surface area (Å²) in [5.74, 6) is 1.58. The second-order valence-corrected chi connectivity index (χ2v) is 5.01. The molecule has 0 unspecified atom stereocenters. The van der Waals surface area contributed by atoms with Crippen LogP contribution in [0.5, 0.6) is 11.5 Å². The molecule has 0 saturated carbocycles. The average Bonchev–Trinajstić information content (AvgIpc) is 2.44. The Kier molecular flexibility index (Phi) is 5.01. The average molecular weight is 335 g/mol. The Bertz CT molecular complexity index is 585. The van der Waals surface area contributed by atoms with Gasteiger partial charge in [0.1, 0.15) is 30.5 Å². The first kappa shape index (κ1) is 14.4. The largest absolute Gasteiger partial charge is 0.490 e. The topological polar surface area (TPSA) is 68.3 Å². The summed E-state index contributed by atoms with van der Waals surface area (Å²) < 4.78 is 12.1. The van der Waals surface area contributed by atoms with Gasteiger partial charge in [-0.2, -0.15) is 0 Å². The van der Waals surface area contributed by atoms with E-state index in [4.69, 9.17) is 20.6 Å². The van der Waals surface area contributed by atoms with Crippen LogP contribution in [0.4, 0.5) is 0 Å². The fourth-order valence-electron chi connectivity index (χ4n) is 1.61. The molecule has 0 amide bonds. The van der Waals surface area contributed by atoms with E-state index in [0.717, 1.165) is 16.0 Å². The highest BCUT2D eigenvalue weighted by molar-refractivity contribution is 9.10. The van der Waals surface area contributed by atoms with Crippen molar-refractivity contribution in [3.63, 3.8) is 0 Å². The van der Waals surface area contributed by atoms with Gasteiger partial charge in [-0.15, -0.1) is 0 Å². The van der Waals surface area contributed by atoms with Crippen LogP contribution in [0.25, 0.3) is 0 Å². The minimum Gasteiger partial charge on any atom is -0.490 e. The van der Waals surface area contributed by atoms with Crippen LogP contribution in [-0.2, 0) is 0 Å². The Morgan fingerprint density at radius 2 is 1.65 bits per heavy atom. The first-order valence-corrected chi connectivity index (χ1v) is 6.90. The summed E-state index contributed by atoms with van der Waals surface area (Å²) in [7, 11) is 0. The predicted molar refractivity (Wildman–Crippen MR) is 82.6 cm³/mol. The standard InChI is InChI=1S/C15H15BrN2O2/c16-12-2-1-3-14(10-12)20-9-8-19-13-6-4-11(5-7-13)15(17)18/h1-7,10H,8-9H2,(H3,17,18). The number of hydrogen-bond acceptors (Lipinski definition) is 3. The van der Waals surface area contributed by atoms with Crippen LogP contribution in [0.3, 0.4) is 0 Å². The van der Waals surface area contributed by atoms with Gasteiger partial charge in [-0.25, -0.2) is 0 Å². The second kappa shape index (κ2) is 6.96. The van der Waals surface area contributed by atoms with E-state index in [1.165, 1.54) is 0 Å². The van der Waals surface area contributed by atoms with Gasteiger partial charge in [0.25, 0.3) is 0 Å². The van der Waals surface area contributed by atoms with Crippen LogP contribution < -0.4 is 15.2 Å². The molecule has 4 nitrogen and oxygen atoms in total. The van der Waals surface area contributed by atoms with Gasteiger partial charge in [0.05, 0.1) is 0 Å². The third-order valence-corrected chi connectivity index (χ3v) is 3.08. The zero-order chi connectivity index (χ0) is 14.4. The third kappa shape index (κ3) is 4.28. The number of benzene rings is 2. The normalized spacial score (nSPS) is 10.1. The number of nitrogens with two attached hydrogens (primary N) is 1. The number of rotatable bonds is 6. The summed E-state index contributed by atoms with van der Waals surface area (Å²) in [6.45, 7) is 0.914. The zero-order valence-corrected chi connectivity index (χ0v) is 12.4. The maximum absolute atomic E-state index is 7.30. The van der Waals surface area contributed by atoms with E-state index in [2.05, 4.69) is 15.9 Å². The quantitative estimate of drug-likeness (QED) is 0.484. The summed E-state index contributed by atoms with van der Waals surface area (Å²) in [6, 6.07) is 14.8. The lowest BCUT2D eigenvalue weighted by molar-refractivity contribution is 0.217. The van der Waals surface area contributed by atoms with Crippen molar-refractivity contribution in [2.45, 2.75) is 0 Å². The number of nitrogen functional groups attached to an aromatic ring is 1. The lowest BCUT2D eigenvalue weighted by Gasteiger charge is -2.09. The minimum absolute atomic E-state index is 0.0505. The molecule has 0 heterocycles. The Hall–Kier alpha value is -2.01. The molecule has 2 rings (SSSR count). The molecule has 3 N–H and O–H groups in total. The molecule has 0 spiro atoms. The number of nitrogens with one attached hydrogen (secondary N) is 1. The van der Waals surface area contributed by atoms with Gasteiger partial charge in [0, 0.05) is 10.0 Å². The molecular formula is C15H15BrN2O2. The van der Waals surface area contributed by atoms with Crippen molar-refractivity contribution in [2.75, 3.05) is 13.2 Å². The summed E-state index contributed by atoms with van der Waals surface area (Å²) in [6.07, 6.45) is 0. The Balaban J connectivity index is 1.77. The van der Waals surface area contributed by atoms with E-state index in [1.54, 1.807) is 24.3 Å². The third-order valence-electron chi connectivity index (χ3n) is 2.58. The van der Waals surface area contributed by atoms with Gasteiger partial charge in [-0.05, 0) is 42.5 Å².